The smallest absolute Gasteiger partial charge is 0.0628 e. The molecular weight excluding hydrogens is 282 g/mol. The number of nitrogens with zero attached hydrogens (tertiary/aromatic N) is 2. The van der Waals surface area contributed by atoms with Crippen molar-refractivity contribution in [1.82, 2.24) is 9.78 Å². The molecule has 0 saturated heterocycles. The highest BCUT2D eigenvalue weighted by atomic mass is 35.5. The van der Waals surface area contributed by atoms with Crippen LogP contribution in [0, 0.1) is 5.92 Å². The molecule has 2 aromatic rings. The molecule has 2 atom stereocenters. The van der Waals surface area contributed by atoms with Crippen LogP contribution < -0.4 is 5.73 Å². The summed E-state index contributed by atoms with van der Waals surface area (Å²) < 4.78 is 2.04. The summed E-state index contributed by atoms with van der Waals surface area (Å²) in [6.07, 6.45) is 5.00. The van der Waals surface area contributed by atoms with Crippen LogP contribution in [0.3, 0.4) is 0 Å². The molecule has 1 aromatic carbocycles. The second kappa shape index (κ2) is 7.62. The van der Waals surface area contributed by atoms with Gasteiger partial charge in [0, 0.05) is 17.3 Å². The topological polar surface area (TPSA) is 43.8 Å². The van der Waals surface area contributed by atoms with Gasteiger partial charge < -0.3 is 5.73 Å². The minimum Gasteiger partial charge on any atom is -0.330 e. The lowest BCUT2D eigenvalue weighted by molar-refractivity contribution is 0.463. The maximum Gasteiger partial charge on any atom is 0.0628 e. The summed E-state index contributed by atoms with van der Waals surface area (Å²) in [7, 11) is 0. The lowest BCUT2D eigenvalue weighted by Crippen LogP contribution is -2.20. The van der Waals surface area contributed by atoms with E-state index in [4.69, 9.17) is 17.3 Å². The van der Waals surface area contributed by atoms with Gasteiger partial charge in [-0.2, -0.15) is 5.10 Å². The monoisotopic (exact) mass is 305 g/mol. The molecule has 0 radical (unpaired) electrons. The van der Waals surface area contributed by atoms with E-state index >= 15 is 0 Å². The predicted octanol–water partition coefficient (Wildman–Crippen LogP) is 3.87. The molecule has 0 aliphatic rings. The van der Waals surface area contributed by atoms with Crippen molar-refractivity contribution < 1.29 is 0 Å². The summed E-state index contributed by atoms with van der Waals surface area (Å²) in [6.45, 7) is 5.01. The van der Waals surface area contributed by atoms with E-state index < -0.39 is 0 Å². The molecule has 3 nitrogen and oxygen atoms in total. The minimum absolute atomic E-state index is 0.392. The number of hydrogen-bond acceptors (Lipinski definition) is 2. The van der Waals surface area contributed by atoms with E-state index in [0.717, 1.165) is 30.0 Å². The molecule has 0 fully saturated rings. The molecule has 0 aliphatic carbocycles. The first kappa shape index (κ1) is 16.1. The Bertz CT molecular complexity index is 565. The molecule has 4 heteroatoms. The molecule has 0 amide bonds. The van der Waals surface area contributed by atoms with E-state index in [1.165, 1.54) is 5.56 Å². The fourth-order valence-corrected chi connectivity index (χ4v) is 2.66. The van der Waals surface area contributed by atoms with Crippen molar-refractivity contribution in [2.45, 2.75) is 39.2 Å². The average Bonchev–Trinajstić information content (AvgIpc) is 2.94. The van der Waals surface area contributed by atoms with E-state index in [1.807, 2.05) is 22.9 Å². The Labute approximate surface area is 132 Å². The number of benzene rings is 1. The minimum atomic E-state index is 0.392. The van der Waals surface area contributed by atoms with Crippen LogP contribution >= 0.6 is 11.6 Å². The zero-order valence-electron chi connectivity index (χ0n) is 12.8. The quantitative estimate of drug-likeness (QED) is 0.844. The molecule has 1 aromatic heterocycles. The number of nitrogens with two attached hydrogens (primary N) is 1. The van der Waals surface area contributed by atoms with E-state index in [1.54, 1.807) is 0 Å². The molecular formula is C17H24ClN3. The maximum atomic E-state index is 6.04. The van der Waals surface area contributed by atoms with E-state index in [9.17, 15) is 0 Å². The van der Waals surface area contributed by atoms with Crippen molar-refractivity contribution in [3.05, 3.63) is 52.8 Å². The van der Waals surface area contributed by atoms with Gasteiger partial charge in [-0.1, -0.05) is 30.7 Å². The highest BCUT2D eigenvalue weighted by Crippen LogP contribution is 2.17. The summed E-state index contributed by atoms with van der Waals surface area (Å²) >= 11 is 6.04. The first-order chi connectivity index (χ1) is 10.1. The van der Waals surface area contributed by atoms with Crippen molar-refractivity contribution in [2.24, 2.45) is 11.7 Å². The molecule has 0 saturated carbocycles. The zero-order valence-corrected chi connectivity index (χ0v) is 13.6. The fraction of sp³-hybridized carbons (Fsp3) is 0.471. The van der Waals surface area contributed by atoms with E-state index in [-0.39, 0.29) is 0 Å². The second-order valence-corrected chi connectivity index (χ2v) is 6.12. The Kier molecular flexibility index (Phi) is 5.83. The Hall–Kier alpha value is -1.32. The van der Waals surface area contributed by atoms with Crippen LogP contribution in [0.25, 0.3) is 0 Å². The molecule has 0 spiro atoms. The summed E-state index contributed by atoms with van der Waals surface area (Å²) in [5.41, 5.74) is 8.29. The lowest BCUT2D eigenvalue weighted by atomic mass is 9.95. The highest BCUT2D eigenvalue weighted by Gasteiger charge is 2.12. The summed E-state index contributed by atoms with van der Waals surface area (Å²) in [5.74, 6) is 0.392. The van der Waals surface area contributed by atoms with Gasteiger partial charge in [-0.05, 0) is 62.4 Å². The Morgan fingerprint density at radius 1 is 1.29 bits per heavy atom. The average molecular weight is 306 g/mol. The number of rotatable bonds is 7. The van der Waals surface area contributed by atoms with Gasteiger partial charge in [0.05, 0.1) is 5.69 Å². The van der Waals surface area contributed by atoms with Crippen molar-refractivity contribution in [2.75, 3.05) is 6.54 Å². The van der Waals surface area contributed by atoms with Crippen molar-refractivity contribution in [3.63, 3.8) is 0 Å². The third kappa shape index (κ3) is 4.58. The Morgan fingerprint density at radius 3 is 2.76 bits per heavy atom. The van der Waals surface area contributed by atoms with Gasteiger partial charge in [-0.15, -0.1) is 0 Å². The molecule has 2 N–H and O–H groups in total. The Balaban J connectivity index is 2.00. The van der Waals surface area contributed by atoms with Crippen LogP contribution in [0.15, 0.2) is 36.5 Å². The van der Waals surface area contributed by atoms with E-state index in [0.29, 0.717) is 18.5 Å². The number of halogens is 1. The van der Waals surface area contributed by atoms with Crippen LogP contribution in [0.2, 0.25) is 5.02 Å². The van der Waals surface area contributed by atoms with Crippen molar-refractivity contribution in [3.8, 4) is 0 Å². The van der Waals surface area contributed by atoms with Gasteiger partial charge in [0.2, 0.25) is 0 Å². The van der Waals surface area contributed by atoms with Crippen LogP contribution in [0.5, 0.6) is 0 Å². The SMILES string of the molecule is CCC(C)n1ccc(CC(CN)Cc2cccc(Cl)c2)n1. The number of aromatic nitrogens is 2. The predicted molar refractivity (Wildman–Crippen MR) is 88.6 cm³/mol. The molecule has 21 heavy (non-hydrogen) atoms. The van der Waals surface area contributed by atoms with Crippen LogP contribution in [0.4, 0.5) is 0 Å². The zero-order chi connectivity index (χ0) is 15.2. The molecule has 0 aliphatic heterocycles. The van der Waals surface area contributed by atoms with Gasteiger partial charge in [-0.25, -0.2) is 0 Å². The second-order valence-electron chi connectivity index (χ2n) is 5.68. The van der Waals surface area contributed by atoms with Gasteiger partial charge in [0.15, 0.2) is 0 Å². The number of hydrogen-bond donors (Lipinski definition) is 1. The highest BCUT2D eigenvalue weighted by molar-refractivity contribution is 6.30. The fourth-order valence-electron chi connectivity index (χ4n) is 2.45. The molecule has 114 valence electrons. The van der Waals surface area contributed by atoms with E-state index in [2.05, 4.69) is 37.3 Å². The summed E-state index contributed by atoms with van der Waals surface area (Å²) in [6, 6.07) is 10.6. The van der Waals surface area contributed by atoms with Gasteiger partial charge >= 0.3 is 0 Å². The van der Waals surface area contributed by atoms with Gasteiger partial charge in [-0.3, -0.25) is 4.68 Å². The maximum absolute atomic E-state index is 6.04. The molecule has 2 unspecified atom stereocenters. The van der Waals surface area contributed by atoms with Gasteiger partial charge in [0.1, 0.15) is 0 Å². The van der Waals surface area contributed by atoms with Crippen LogP contribution in [-0.2, 0) is 12.8 Å². The van der Waals surface area contributed by atoms with Crippen LogP contribution in [-0.4, -0.2) is 16.3 Å². The normalized spacial score (nSPS) is 14.1. The van der Waals surface area contributed by atoms with Crippen molar-refractivity contribution in [1.29, 1.82) is 0 Å². The summed E-state index contributed by atoms with van der Waals surface area (Å²) in [5, 5.41) is 5.44. The molecule has 1 heterocycles. The lowest BCUT2D eigenvalue weighted by Gasteiger charge is -2.14. The molecule has 0 bridgehead atoms. The molecule has 2 rings (SSSR count). The van der Waals surface area contributed by atoms with Gasteiger partial charge in [0.25, 0.3) is 0 Å². The first-order valence-corrected chi connectivity index (χ1v) is 7.98. The van der Waals surface area contributed by atoms with Crippen molar-refractivity contribution >= 4 is 11.6 Å². The van der Waals surface area contributed by atoms with Crippen LogP contribution in [0.1, 0.15) is 37.6 Å². The standard InChI is InChI=1S/C17H24ClN3/c1-3-13(2)21-8-7-17(20-21)11-15(12-19)9-14-5-4-6-16(18)10-14/h4-8,10,13,15H,3,9,11-12,19H2,1-2H3. The largest absolute Gasteiger partial charge is 0.330 e. The third-order valence-corrected chi connectivity index (χ3v) is 4.19. The third-order valence-electron chi connectivity index (χ3n) is 3.95. The summed E-state index contributed by atoms with van der Waals surface area (Å²) in [4.78, 5) is 0. The Morgan fingerprint density at radius 2 is 2.10 bits per heavy atom. The first-order valence-electron chi connectivity index (χ1n) is 7.61.